The number of pyridine rings is 1. The number of benzene rings is 1. The molecule has 0 N–H and O–H groups in total. The molecule has 5 heteroatoms. The molecule has 5 nitrogen and oxygen atoms in total. The zero-order chi connectivity index (χ0) is 19.0. The number of fused-ring (bicyclic) bond motifs is 1. The highest BCUT2D eigenvalue weighted by Gasteiger charge is 2.24. The van der Waals surface area contributed by atoms with Crippen molar-refractivity contribution < 1.29 is 4.79 Å². The van der Waals surface area contributed by atoms with E-state index in [1.165, 1.54) is 16.7 Å². The number of aromatic nitrogens is 3. The number of rotatable bonds is 2. The molecule has 0 radical (unpaired) electrons. The van der Waals surface area contributed by atoms with Gasteiger partial charge in [-0.2, -0.15) is 5.10 Å². The van der Waals surface area contributed by atoms with E-state index in [2.05, 4.69) is 49.1 Å². The highest BCUT2D eigenvalue weighted by molar-refractivity contribution is 5.94. The van der Waals surface area contributed by atoms with Crippen LogP contribution in [0.3, 0.4) is 0 Å². The maximum Gasteiger partial charge on any atom is 0.257 e. The molecular formula is C22H24N4O. The van der Waals surface area contributed by atoms with Crippen LogP contribution in [0.2, 0.25) is 0 Å². The molecule has 0 aliphatic carbocycles. The minimum Gasteiger partial charge on any atom is -0.334 e. The zero-order valence-corrected chi connectivity index (χ0v) is 16.0. The summed E-state index contributed by atoms with van der Waals surface area (Å²) in [6, 6.07) is 10.5. The summed E-state index contributed by atoms with van der Waals surface area (Å²) in [4.78, 5) is 19.0. The minimum atomic E-state index is 0.0250. The Morgan fingerprint density at radius 3 is 2.70 bits per heavy atom. The van der Waals surface area contributed by atoms with Crippen LogP contribution >= 0.6 is 0 Å². The van der Waals surface area contributed by atoms with Crippen LogP contribution in [0.25, 0.3) is 5.69 Å². The molecule has 3 heterocycles. The monoisotopic (exact) mass is 360 g/mol. The van der Waals surface area contributed by atoms with Crippen molar-refractivity contribution in [3.8, 4) is 5.69 Å². The Labute approximate surface area is 159 Å². The van der Waals surface area contributed by atoms with Crippen LogP contribution in [0.4, 0.5) is 0 Å². The first kappa shape index (κ1) is 17.5. The van der Waals surface area contributed by atoms with E-state index < -0.39 is 0 Å². The Bertz CT molecular complexity index is 969. The third-order valence-corrected chi connectivity index (χ3v) is 5.11. The van der Waals surface area contributed by atoms with Gasteiger partial charge in [0, 0.05) is 25.5 Å². The topological polar surface area (TPSA) is 51.0 Å². The van der Waals surface area contributed by atoms with Gasteiger partial charge in [0.2, 0.25) is 0 Å². The number of carbonyl (C=O) groups is 1. The number of hydrogen-bond acceptors (Lipinski definition) is 3. The quantitative estimate of drug-likeness (QED) is 0.699. The number of amides is 1. The van der Waals surface area contributed by atoms with E-state index in [4.69, 9.17) is 0 Å². The first-order valence-corrected chi connectivity index (χ1v) is 9.28. The summed E-state index contributed by atoms with van der Waals surface area (Å²) in [5, 5.41) is 4.32. The van der Waals surface area contributed by atoms with Crippen molar-refractivity contribution in [2.45, 2.75) is 39.2 Å². The lowest BCUT2D eigenvalue weighted by Gasteiger charge is -2.30. The minimum absolute atomic E-state index is 0.0250. The van der Waals surface area contributed by atoms with Gasteiger partial charge in [0.15, 0.2) is 0 Å². The maximum absolute atomic E-state index is 13.0. The predicted octanol–water partition coefficient (Wildman–Crippen LogP) is 3.76. The Balaban J connectivity index is 1.55. The second kappa shape index (κ2) is 6.65. The molecular weight excluding hydrogens is 336 g/mol. The van der Waals surface area contributed by atoms with Gasteiger partial charge < -0.3 is 4.90 Å². The van der Waals surface area contributed by atoms with Crippen molar-refractivity contribution in [1.82, 2.24) is 19.7 Å². The molecule has 4 rings (SSSR count). The standard InChI is InChI=1S/C22H24N4O/c1-22(2,3)19-7-6-16-8-10-25(14-17(16)11-19)21(27)18-12-24-26(15-18)20-5-4-9-23-13-20/h4-7,9,11-13,15H,8,10,14H2,1-3H3. The SMILES string of the molecule is CC(C)(C)c1ccc2c(c1)CN(C(=O)c1cnn(-c3cccnc3)c1)CC2. The molecule has 3 aromatic rings. The van der Waals surface area contributed by atoms with E-state index in [0.29, 0.717) is 12.1 Å². The fraction of sp³-hybridized carbons (Fsp3) is 0.318. The lowest BCUT2D eigenvalue weighted by atomic mass is 9.84. The number of nitrogens with zero attached hydrogens (tertiary/aromatic N) is 4. The van der Waals surface area contributed by atoms with Gasteiger partial charge in [0.1, 0.15) is 0 Å². The molecule has 2 aromatic heterocycles. The fourth-order valence-electron chi connectivity index (χ4n) is 3.44. The molecule has 138 valence electrons. The van der Waals surface area contributed by atoms with Crippen LogP contribution in [0.15, 0.2) is 55.1 Å². The van der Waals surface area contributed by atoms with Gasteiger partial charge in [0.05, 0.1) is 23.6 Å². The van der Waals surface area contributed by atoms with Crippen molar-refractivity contribution >= 4 is 5.91 Å². The lowest BCUT2D eigenvalue weighted by molar-refractivity contribution is 0.0734. The van der Waals surface area contributed by atoms with Crippen LogP contribution in [0.1, 0.15) is 47.8 Å². The predicted molar refractivity (Wildman–Crippen MR) is 105 cm³/mol. The summed E-state index contributed by atoms with van der Waals surface area (Å²) >= 11 is 0. The van der Waals surface area contributed by atoms with Gasteiger partial charge in [-0.1, -0.05) is 39.0 Å². The van der Waals surface area contributed by atoms with Gasteiger partial charge >= 0.3 is 0 Å². The van der Waals surface area contributed by atoms with Crippen LogP contribution in [-0.4, -0.2) is 32.1 Å². The van der Waals surface area contributed by atoms with E-state index in [1.54, 1.807) is 29.5 Å². The zero-order valence-electron chi connectivity index (χ0n) is 16.0. The Hall–Kier alpha value is -2.95. The summed E-state index contributed by atoms with van der Waals surface area (Å²) in [7, 11) is 0. The van der Waals surface area contributed by atoms with Crippen molar-refractivity contribution in [3.63, 3.8) is 0 Å². The third-order valence-electron chi connectivity index (χ3n) is 5.11. The summed E-state index contributed by atoms with van der Waals surface area (Å²) in [6.45, 7) is 8.03. The first-order chi connectivity index (χ1) is 12.9. The normalized spacial score (nSPS) is 14.1. The van der Waals surface area contributed by atoms with E-state index in [9.17, 15) is 4.79 Å². The molecule has 0 unspecified atom stereocenters. The largest absolute Gasteiger partial charge is 0.334 e. The summed E-state index contributed by atoms with van der Waals surface area (Å²) < 4.78 is 1.69. The van der Waals surface area contributed by atoms with Crippen LogP contribution in [0, 0.1) is 0 Å². The van der Waals surface area contributed by atoms with Crippen LogP contribution in [0.5, 0.6) is 0 Å². The molecule has 0 spiro atoms. The first-order valence-electron chi connectivity index (χ1n) is 9.28. The van der Waals surface area contributed by atoms with Gasteiger partial charge in [0.25, 0.3) is 5.91 Å². The Morgan fingerprint density at radius 1 is 1.11 bits per heavy atom. The van der Waals surface area contributed by atoms with Gasteiger partial charge in [-0.25, -0.2) is 4.68 Å². The highest BCUT2D eigenvalue weighted by atomic mass is 16.2. The molecule has 1 aromatic carbocycles. The maximum atomic E-state index is 13.0. The van der Waals surface area contributed by atoms with E-state index in [1.807, 2.05) is 17.0 Å². The van der Waals surface area contributed by atoms with E-state index in [-0.39, 0.29) is 11.3 Å². The molecule has 0 saturated heterocycles. The fourth-order valence-corrected chi connectivity index (χ4v) is 3.44. The summed E-state index contributed by atoms with van der Waals surface area (Å²) in [5.41, 5.74) is 5.45. The van der Waals surface area contributed by atoms with Crippen molar-refractivity contribution in [2.75, 3.05) is 6.54 Å². The smallest absolute Gasteiger partial charge is 0.257 e. The second-order valence-electron chi connectivity index (χ2n) is 8.10. The Morgan fingerprint density at radius 2 is 1.96 bits per heavy atom. The van der Waals surface area contributed by atoms with Crippen molar-refractivity contribution in [3.05, 3.63) is 77.4 Å². The number of carbonyl (C=O) groups excluding carboxylic acids is 1. The van der Waals surface area contributed by atoms with E-state index in [0.717, 1.165) is 18.7 Å². The summed E-state index contributed by atoms with van der Waals surface area (Å²) in [6.07, 6.45) is 7.75. The van der Waals surface area contributed by atoms with Gasteiger partial charge in [-0.05, 0) is 40.7 Å². The van der Waals surface area contributed by atoms with Crippen molar-refractivity contribution in [1.29, 1.82) is 0 Å². The average molecular weight is 360 g/mol. The molecule has 0 saturated carbocycles. The van der Waals surface area contributed by atoms with Crippen LogP contribution < -0.4 is 0 Å². The van der Waals surface area contributed by atoms with E-state index >= 15 is 0 Å². The lowest BCUT2D eigenvalue weighted by Crippen LogP contribution is -2.36. The van der Waals surface area contributed by atoms with Crippen molar-refractivity contribution in [2.24, 2.45) is 0 Å². The Kier molecular flexibility index (Phi) is 4.30. The molecule has 1 aliphatic heterocycles. The summed E-state index contributed by atoms with van der Waals surface area (Å²) in [5.74, 6) is 0.0250. The third kappa shape index (κ3) is 3.50. The molecule has 1 amide bonds. The molecule has 1 aliphatic rings. The molecule has 0 bridgehead atoms. The second-order valence-corrected chi connectivity index (χ2v) is 8.10. The average Bonchev–Trinajstić information content (AvgIpc) is 3.17. The van der Waals surface area contributed by atoms with Gasteiger partial charge in [-0.15, -0.1) is 0 Å². The highest BCUT2D eigenvalue weighted by Crippen LogP contribution is 2.28. The van der Waals surface area contributed by atoms with Gasteiger partial charge in [-0.3, -0.25) is 9.78 Å². The molecule has 27 heavy (non-hydrogen) atoms. The van der Waals surface area contributed by atoms with Crippen LogP contribution in [-0.2, 0) is 18.4 Å². The molecule has 0 atom stereocenters. The number of hydrogen-bond donors (Lipinski definition) is 0. The molecule has 0 fully saturated rings.